The Kier molecular flexibility index (Phi) is 3.49. The number of hydroxylamine groups is 1. The molecule has 0 radical (unpaired) electrons. The predicted octanol–water partition coefficient (Wildman–Crippen LogP) is 3.20. The molecule has 0 N–H and O–H groups in total. The summed E-state index contributed by atoms with van der Waals surface area (Å²) >= 11 is 1.78. The van der Waals surface area contributed by atoms with Gasteiger partial charge >= 0.3 is 0 Å². The molecule has 0 spiro atoms. The number of anilines is 2. The molecule has 5 heteroatoms. The smallest absolute Gasteiger partial charge is 0.122 e. The molecule has 1 unspecified atom stereocenters. The average molecular weight is 303 g/mol. The topological polar surface area (TPSA) is 19.0 Å². The second-order valence-electron chi connectivity index (χ2n) is 5.89. The summed E-state index contributed by atoms with van der Waals surface area (Å²) in [6, 6.07) is 2.62. The lowest BCUT2D eigenvalue weighted by Gasteiger charge is -2.32. The van der Waals surface area contributed by atoms with Crippen molar-refractivity contribution < 1.29 is 4.84 Å². The first-order chi connectivity index (χ1) is 10.3. The molecule has 0 saturated carbocycles. The van der Waals surface area contributed by atoms with Crippen LogP contribution in [0.4, 0.5) is 10.7 Å². The highest BCUT2D eigenvalue weighted by atomic mass is 32.1. The predicted molar refractivity (Wildman–Crippen MR) is 87.6 cm³/mol. The Labute approximate surface area is 129 Å². The zero-order chi connectivity index (χ0) is 14.2. The first-order valence-corrected chi connectivity index (χ1v) is 8.60. The van der Waals surface area contributed by atoms with Crippen molar-refractivity contribution in [1.82, 2.24) is 4.90 Å². The summed E-state index contributed by atoms with van der Waals surface area (Å²) in [5.74, 6) is 0. The van der Waals surface area contributed by atoms with Gasteiger partial charge in [-0.2, -0.15) is 0 Å². The summed E-state index contributed by atoms with van der Waals surface area (Å²) in [6.45, 7) is 6.40. The standard InChI is InChI=1S/C16H21N3OS/c1-13(17-7-2-3-8-17)12-20-19-11-14-5-4-9-18(14)16-15(19)6-10-21-16/h4-6,10-11,13H,2-3,7-9,12H2,1H3. The molecule has 0 amide bonds. The van der Waals surface area contributed by atoms with Crippen molar-refractivity contribution in [2.24, 2.45) is 0 Å². The summed E-state index contributed by atoms with van der Waals surface area (Å²) in [6.07, 6.45) is 9.13. The van der Waals surface area contributed by atoms with Gasteiger partial charge in [-0.1, -0.05) is 6.08 Å². The largest absolute Gasteiger partial charge is 0.326 e. The quantitative estimate of drug-likeness (QED) is 0.850. The number of hydrogen-bond donors (Lipinski definition) is 0. The molecule has 3 aliphatic heterocycles. The van der Waals surface area contributed by atoms with Crippen LogP contribution in [0.2, 0.25) is 0 Å². The summed E-state index contributed by atoms with van der Waals surface area (Å²) < 4.78 is 0. The third-order valence-electron chi connectivity index (χ3n) is 4.46. The fourth-order valence-corrected chi connectivity index (χ4v) is 4.14. The molecule has 0 bridgehead atoms. The van der Waals surface area contributed by atoms with Crippen molar-refractivity contribution in [3.8, 4) is 0 Å². The molecule has 4 nitrogen and oxygen atoms in total. The molecule has 112 valence electrons. The number of fused-ring (bicyclic) bond motifs is 3. The van der Waals surface area contributed by atoms with Gasteiger partial charge in [0.2, 0.25) is 0 Å². The van der Waals surface area contributed by atoms with Gasteiger partial charge in [-0.15, -0.1) is 11.3 Å². The van der Waals surface area contributed by atoms with Gasteiger partial charge in [0.1, 0.15) is 10.7 Å². The molecule has 1 atom stereocenters. The Morgan fingerprint density at radius 2 is 2.19 bits per heavy atom. The third-order valence-corrected chi connectivity index (χ3v) is 5.39. The fraction of sp³-hybridized carbons (Fsp3) is 0.500. The van der Waals surface area contributed by atoms with Gasteiger partial charge in [0.25, 0.3) is 0 Å². The monoisotopic (exact) mass is 303 g/mol. The number of allylic oxidation sites excluding steroid dienone is 1. The lowest BCUT2D eigenvalue weighted by Crippen LogP contribution is -2.37. The Balaban J connectivity index is 1.47. The van der Waals surface area contributed by atoms with Gasteiger partial charge in [-0.3, -0.25) is 9.74 Å². The summed E-state index contributed by atoms with van der Waals surface area (Å²) in [7, 11) is 0. The minimum Gasteiger partial charge on any atom is -0.326 e. The van der Waals surface area contributed by atoms with Crippen LogP contribution in [0.3, 0.4) is 0 Å². The highest BCUT2D eigenvalue weighted by Gasteiger charge is 2.28. The number of nitrogens with zero attached hydrogens (tertiary/aromatic N) is 3. The number of hydrogen-bond acceptors (Lipinski definition) is 5. The maximum Gasteiger partial charge on any atom is 0.122 e. The van der Waals surface area contributed by atoms with E-state index >= 15 is 0 Å². The Bertz CT molecular complexity index is 574. The summed E-state index contributed by atoms with van der Waals surface area (Å²) in [4.78, 5) is 11.0. The van der Waals surface area contributed by atoms with Crippen LogP contribution in [0, 0.1) is 0 Å². The maximum absolute atomic E-state index is 6.11. The molecule has 1 aromatic heterocycles. The molecule has 21 heavy (non-hydrogen) atoms. The van der Waals surface area contributed by atoms with Gasteiger partial charge in [-0.05, 0) is 50.4 Å². The fourth-order valence-electron chi connectivity index (χ4n) is 3.22. The van der Waals surface area contributed by atoms with Crippen LogP contribution >= 0.6 is 11.3 Å². The molecule has 1 fully saturated rings. The zero-order valence-corrected chi connectivity index (χ0v) is 13.2. The first-order valence-electron chi connectivity index (χ1n) is 7.72. The van der Waals surface area contributed by atoms with Crippen molar-refractivity contribution in [1.29, 1.82) is 0 Å². The van der Waals surface area contributed by atoms with Crippen molar-refractivity contribution in [3.63, 3.8) is 0 Å². The van der Waals surface area contributed by atoms with Crippen LogP contribution in [-0.4, -0.2) is 37.2 Å². The van der Waals surface area contributed by atoms with Gasteiger partial charge in [-0.25, -0.2) is 5.06 Å². The third kappa shape index (κ3) is 2.39. The SMILES string of the molecule is CC(CON1C=C2C=CCN2c2sccc21)N1CCCC1. The minimum atomic E-state index is 0.477. The van der Waals surface area contributed by atoms with E-state index in [4.69, 9.17) is 4.84 Å². The van der Waals surface area contributed by atoms with Crippen LogP contribution < -0.4 is 9.96 Å². The highest BCUT2D eigenvalue weighted by molar-refractivity contribution is 7.15. The van der Waals surface area contributed by atoms with Gasteiger partial charge < -0.3 is 4.90 Å². The molecule has 4 rings (SSSR count). The van der Waals surface area contributed by atoms with E-state index in [1.54, 1.807) is 11.3 Å². The van der Waals surface area contributed by atoms with Crippen LogP contribution in [0.5, 0.6) is 0 Å². The average Bonchev–Trinajstić information content (AvgIpc) is 3.23. The molecule has 3 aliphatic rings. The Morgan fingerprint density at radius 1 is 1.33 bits per heavy atom. The van der Waals surface area contributed by atoms with E-state index in [0.29, 0.717) is 6.04 Å². The highest BCUT2D eigenvalue weighted by Crippen LogP contribution is 2.42. The van der Waals surface area contributed by atoms with Crippen molar-refractivity contribution >= 4 is 22.0 Å². The molecule has 4 heterocycles. The van der Waals surface area contributed by atoms with Crippen LogP contribution in [0.25, 0.3) is 0 Å². The molecule has 0 aliphatic carbocycles. The maximum atomic E-state index is 6.11. The van der Waals surface area contributed by atoms with E-state index in [2.05, 4.69) is 46.5 Å². The number of likely N-dealkylation sites (tertiary alicyclic amines) is 1. The van der Waals surface area contributed by atoms with E-state index in [-0.39, 0.29) is 0 Å². The van der Waals surface area contributed by atoms with Gasteiger partial charge in [0.15, 0.2) is 0 Å². The molecular formula is C16H21N3OS. The summed E-state index contributed by atoms with van der Waals surface area (Å²) in [5.41, 5.74) is 2.39. The van der Waals surface area contributed by atoms with Gasteiger partial charge in [0, 0.05) is 12.6 Å². The van der Waals surface area contributed by atoms with Crippen LogP contribution in [-0.2, 0) is 4.84 Å². The zero-order valence-electron chi connectivity index (χ0n) is 12.4. The molecule has 1 aromatic rings. The Hall–Kier alpha value is -1.30. The van der Waals surface area contributed by atoms with E-state index in [1.807, 2.05) is 5.06 Å². The first kappa shape index (κ1) is 13.4. The van der Waals surface area contributed by atoms with Crippen molar-refractivity contribution in [3.05, 3.63) is 35.5 Å². The lowest BCUT2D eigenvalue weighted by molar-refractivity contribution is 0.0739. The second kappa shape index (κ2) is 5.48. The Morgan fingerprint density at radius 3 is 3.05 bits per heavy atom. The number of thiophene rings is 1. The molecular weight excluding hydrogens is 282 g/mol. The normalized spacial score (nSPS) is 22.4. The molecule has 1 saturated heterocycles. The van der Waals surface area contributed by atoms with E-state index in [9.17, 15) is 0 Å². The van der Waals surface area contributed by atoms with E-state index in [1.165, 1.54) is 42.3 Å². The van der Waals surface area contributed by atoms with Crippen molar-refractivity contribution in [2.45, 2.75) is 25.8 Å². The van der Waals surface area contributed by atoms with Crippen molar-refractivity contribution in [2.75, 3.05) is 36.2 Å². The van der Waals surface area contributed by atoms with E-state index < -0.39 is 0 Å². The lowest BCUT2D eigenvalue weighted by atomic mass is 10.3. The minimum absolute atomic E-state index is 0.477. The van der Waals surface area contributed by atoms with Crippen LogP contribution in [0.1, 0.15) is 19.8 Å². The second-order valence-corrected chi connectivity index (χ2v) is 6.79. The van der Waals surface area contributed by atoms with Crippen LogP contribution in [0.15, 0.2) is 35.5 Å². The molecule has 0 aromatic carbocycles. The van der Waals surface area contributed by atoms with Gasteiger partial charge in [0.05, 0.1) is 18.5 Å². The number of rotatable bonds is 4. The summed E-state index contributed by atoms with van der Waals surface area (Å²) in [5, 5.41) is 5.38. The van der Waals surface area contributed by atoms with E-state index in [0.717, 1.165) is 13.2 Å².